The number of rotatable bonds is 4. The third kappa shape index (κ3) is 3.15. The molecule has 9 nitrogen and oxygen atoms in total. The summed E-state index contributed by atoms with van der Waals surface area (Å²) < 4.78 is 5.73. The highest BCUT2D eigenvalue weighted by atomic mass is 32.1. The fourth-order valence-electron chi connectivity index (χ4n) is 2.16. The lowest BCUT2D eigenvalue weighted by Gasteiger charge is -2.34. The minimum absolute atomic E-state index is 0.0356. The van der Waals surface area contributed by atoms with E-state index in [4.69, 9.17) is 0 Å². The van der Waals surface area contributed by atoms with E-state index in [0.29, 0.717) is 13.1 Å². The maximum absolute atomic E-state index is 12.1. The lowest BCUT2D eigenvalue weighted by Crippen LogP contribution is -2.49. The van der Waals surface area contributed by atoms with Crippen LogP contribution in [0.2, 0.25) is 0 Å². The van der Waals surface area contributed by atoms with E-state index in [0.717, 1.165) is 30.5 Å². The van der Waals surface area contributed by atoms with E-state index in [-0.39, 0.29) is 12.5 Å². The normalized spacial score (nSPS) is 15.5. The standard InChI is InChI=1S/C11H16N8OS/c1-2-9-13-11(21-14-9)18-5-3-17(4-6-18)10(20)7-19-8-12-15-16-19/h8H,2-7H2,1H3. The Morgan fingerprint density at radius 2 is 2.14 bits per heavy atom. The number of carbonyl (C=O) groups excluding carboxylic acids is 1. The van der Waals surface area contributed by atoms with Gasteiger partial charge in [0.2, 0.25) is 11.0 Å². The highest BCUT2D eigenvalue weighted by molar-refractivity contribution is 7.09. The van der Waals surface area contributed by atoms with Gasteiger partial charge in [-0.1, -0.05) is 6.92 Å². The summed E-state index contributed by atoms with van der Waals surface area (Å²) in [6.45, 7) is 5.15. The number of piperazine rings is 1. The molecule has 21 heavy (non-hydrogen) atoms. The van der Waals surface area contributed by atoms with Gasteiger partial charge in [-0.15, -0.1) is 5.10 Å². The average molecular weight is 308 g/mol. The fraction of sp³-hybridized carbons (Fsp3) is 0.636. The lowest BCUT2D eigenvalue weighted by atomic mass is 10.3. The third-order valence-corrected chi connectivity index (χ3v) is 4.18. The Morgan fingerprint density at radius 1 is 1.33 bits per heavy atom. The van der Waals surface area contributed by atoms with Gasteiger partial charge in [0, 0.05) is 44.1 Å². The first-order valence-corrected chi connectivity index (χ1v) is 7.59. The molecular weight excluding hydrogens is 292 g/mol. The second kappa shape index (κ2) is 6.12. The molecule has 10 heteroatoms. The molecule has 2 aromatic rings. The van der Waals surface area contributed by atoms with Crippen molar-refractivity contribution in [3.05, 3.63) is 12.2 Å². The first kappa shape index (κ1) is 13.9. The number of amides is 1. The van der Waals surface area contributed by atoms with Crippen LogP contribution in [0.3, 0.4) is 0 Å². The Hall–Kier alpha value is -2.10. The van der Waals surface area contributed by atoms with Gasteiger partial charge < -0.3 is 9.80 Å². The first-order valence-electron chi connectivity index (χ1n) is 6.82. The zero-order chi connectivity index (χ0) is 14.7. The van der Waals surface area contributed by atoms with Crippen molar-refractivity contribution in [2.45, 2.75) is 19.9 Å². The van der Waals surface area contributed by atoms with Crippen LogP contribution >= 0.6 is 11.5 Å². The molecule has 0 aliphatic carbocycles. The van der Waals surface area contributed by atoms with Gasteiger partial charge in [-0.3, -0.25) is 4.79 Å². The number of carbonyl (C=O) groups is 1. The Bertz CT molecular complexity index is 589. The second-order valence-corrected chi connectivity index (χ2v) is 5.45. The van der Waals surface area contributed by atoms with Gasteiger partial charge in [-0.2, -0.15) is 4.37 Å². The molecular formula is C11H16N8OS. The number of nitrogens with zero attached hydrogens (tertiary/aromatic N) is 8. The summed E-state index contributed by atoms with van der Waals surface area (Å²) in [5.74, 6) is 0.917. The van der Waals surface area contributed by atoms with E-state index in [1.54, 1.807) is 0 Å². The van der Waals surface area contributed by atoms with Crippen molar-refractivity contribution in [3.63, 3.8) is 0 Å². The summed E-state index contributed by atoms with van der Waals surface area (Å²) >= 11 is 1.42. The van der Waals surface area contributed by atoms with Crippen LogP contribution in [0.15, 0.2) is 6.33 Å². The molecule has 0 unspecified atom stereocenters. The van der Waals surface area contributed by atoms with Crippen molar-refractivity contribution in [2.24, 2.45) is 0 Å². The Labute approximate surface area is 125 Å². The van der Waals surface area contributed by atoms with E-state index in [1.165, 1.54) is 22.5 Å². The summed E-state index contributed by atoms with van der Waals surface area (Å²) in [7, 11) is 0. The average Bonchev–Trinajstić information content (AvgIpc) is 3.18. The maximum atomic E-state index is 12.1. The molecule has 112 valence electrons. The van der Waals surface area contributed by atoms with Crippen LogP contribution in [-0.2, 0) is 17.8 Å². The minimum Gasteiger partial charge on any atom is -0.343 e. The Kier molecular flexibility index (Phi) is 4.04. The molecule has 2 aromatic heterocycles. The molecule has 0 saturated carbocycles. The SMILES string of the molecule is CCc1nsc(N2CCN(C(=O)Cn3cnnn3)CC2)n1. The lowest BCUT2D eigenvalue weighted by molar-refractivity contribution is -0.132. The number of aryl methyl sites for hydroxylation is 1. The highest BCUT2D eigenvalue weighted by Gasteiger charge is 2.23. The number of hydrogen-bond donors (Lipinski definition) is 0. The molecule has 1 fully saturated rings. The molecule has 3 heterocycles. The molecule has 3 rings (SSSR count). The van der Waals surface area contributed by atoms with Crippen LogP contribution in [-0.4, -0.2) is 66.6 Å². The number of aromatic nitrogens is 6. The van der Waals surface area contributed by atoms with E-state index in [2.05, 4.69) is 29.8 Å². The van der Waals surface area contributed by atoms with Crippen molar-refractivity contribution >= 4 is 22.6 Å². The Balaban J connectivity index is 1.53. The first-order chi connectivity index (χ1) is 10.3. The van der Waals surface area contributed by atoms with Crippen LogP contribution in [0.25, 0.3) is 0 Å². The molecule has 1 aliphatic heterocycles. The summed E-state index contributed by atoms with van der Waals surface area (Å²) in [6.07, 6.45) is 2.29. The van der Waals surface area contributed by atoms with E-state index >= 15 is 0 Å². The quantitative estimate of drug-likeness (QED) is 0.747. The zero-order valence-electron chi connectivity index (χ0n) is 11.7. The number of anilines is 1. The van der Waals surface area contributed by atoms with Gasteiger partial charge in [0.1, 0.15) is 18.7 Å². The highest BCUT2D eigenvalue weighted by Crippen LogP contribution is 2.19. The molecule has 0 spiro atoms. The molecule has 0 N–H and O–H groups in total. The van der Waals surface area contributed by atoms with Gasteiger partial charge in [0.15, 0.2) is 0 Å². The number of hydrogen-bond acceptors (Lipinski definition) is 8. The van der Waals surface area contributed by atoms with Gasteiger partial charge in [0.05, 0.1) is 0 Å². The monoisotopic (exact) mass is 308 g/mol. The zero-order valence-corrected chi connectivity index (χ0v) is 12.5. The smallest absolute Gasteiger partial charge is 0.244 e. The van der Waals surface area contributed by atoms with Crippen LogP contribution in [0.1, 0.15) is 12.7 Å². The number of tetrazole rings is 1. The van der Waals surface area contributed by atoms with Gasteiger partial charge in [-0.05, 0) is 10.4 Å². The molecule has 0 aromatic carbocycles. The summed E-state index contributed by atoms with van der Waals surface area (Å²) in [5.41, 5.74) is 0. The van der Waals surface area contributed by atoms with E-state index in [1.807, 2.05) is 11.8 Å². The maximum Gasteiger partial charge on any atom is 0.244 e. The third-order valence-electron chi connectivity index (χ3n) is 3.37. The largest absolute Gasteiger partial charge is 0.343 e. The van der Waals surface area contributed by atoms with E-state index in [9.17, 15) is 4.79 Å². The van der Waals surface area contributed by atoms with Crippen LogP contribution in [0, 0.1) is 0 Å². The van der Waals surface area contributed by atoms with Crippen molar-refractivity contribution in [2.75, 3.05) is 31.1 Å². The summed E-state index contributed by atoms with van der Waals surface area (Å²) in [4.78, 5) is 20.6. The predicted octanol–water partition coefficient (Wildman–Crippen LogP) is -0.564. The topological polar surface area (TPSA) is 92.9 Å². The van der Waals surface area contributed by atoms with Gasteiger partial charge >= 0.3 is 0 Å². The Morgan fingerprint density at radius 3 is 2.76 bits per heavy atom. The molecule has 0 radical (unpaired) electrons. The van der Waals surface area contributed by atoms with E-state index < -0.39 is 0 Å². The van der Waals surface area contributed by atoms with Crippen LogP contribution < -0.4 is 4.90 Å². The van der Waals surface area contributed by atoms with Crippen LogP contribution in [0.5, 0.6) is 0 Å². The van der Waals surface area contributed by atoms with Gasteiger partial charge in [0.25, 0.3) is 0 Å². The molecule has 1 amide bonds. The molecule has 1 saturated heterocycles. The molecule has 1 aliphatic rings. The van der Waals surface area contributed by atoms with Crippen LogP contribution in [0.4, 0.5) is 5.13 Å². The summed E-state index contributed by atoms with van der Waals surface area (Å²) in [5, 5.41) is 11.7. The van der Waals surface area contributed by atoms with Crippen molar-refractivity contribution in [3.8, 4) is 0 Å². The molecule has 0 atom stereocenters. The second-order valence-electron chi connectivity index (χ2n) is 4.72. The minimum atomic E-state index is 0.0356. The van der Waals surface area contributed by atoms with Crippen molar-refractivity contribution in [1.29, 1.82) is 0 Å². The predicted molar refractivity (Wildman–Crippen MR) is 75.9 cm³/mol. The molecule has 0 bridgehead atoms. The summed E-state index contributed by atoms with van der Waals surface area (Å²) in [6, 6.07) is 0. The fourth-order valence-corrected chi connectivity index (χ4v) is 2.96. The van der Waals surface area contributed by atoms with Crippen molar-refractivity contribution < 1.29 is 4.79 Å². The van der Waals surface area contributed by atoms with Crippen molar-refractivity contribution in [1.82, 2.24) is 34.5 Å². The van der Waals surface area contributed by atoms with Gasteiger partial charge in [-0.25, -0.2) is 9.67 Å².